The lowest BCUT2D eigenvalue weighted by atomic mass is 9.99. The summed E-state index contributed by atoms with van der Waals surface area (Å²) in [5, 5.41) is 12.5. The van der Waals surface area contributed by atoms with E-state index in [1.807, 2.05) is 41.3 Å². The molecule has 8 heteroatoms. The van der Waals surface area contributed by atoms with Crippen molar-refractivity contribution in [1.82, 2.24) is 19.8 Å². The van der Waals surface area contributed by atoms with Crippen LogP contribution in [0, 0.1) is 0 Å². The molecule has 0 spiro atoms. The van der Waals surface area contributed by atoms with E-state index in [0.29, 0.717) is 25.6 Å². The molecule has 1 unspecified atom stereocenters. The fraction of sp³-hybridized carbons (Fsp3) is 0.375. The lowest BCUT2D eigenvalue weighted by molar-refractivity contribution is -0.130. The van der Waals surface area contributed by atoms with Crippen LogP contribution < -0.4 is 9.47 Å². The van der Waals surface area contributed by atoms with Crippen LogP contribution in [0.5, 0.6) is 11.8 Å². The number of ether oxygens (including phenoxy) is 2. The molecule has 1 saturated heterocycles. The molecule has 4 rings (SSSR count). The van der Waals surface area contributed by atoms with E-state index in [1.165, 1.54) is 7.11 Å². The SMILES string of the molecule is COc1ncc(-c2ccc(OCC(O)CN3CCN(C(C)=O)CC3)c3ccccc23)cn1. The molecule has 1 atom stereocenters. The van der Waals surface area contributed by atoms with Crippen molar-refractivity contribution in [3.8, 4) is 22.9 Å². The zero-order valence-electron chi connectivity index (χ0n) is 18.4. The van der Waals surface area contributed by atoms with E-state index in [2.05, 4.69) is 14.9 Å². The number of fused-ring (bicyclic) bond motifs is 1. The molecule has 3 aromatic rings. The number of amides is 1. The number of hydrogen-bond acceptors (Lipinski definition) is 7. The smallest absolute Gasteiger partial charge is 0.316 e. The number of hydrogen-bond donors (Lipinski definition) is 1. The Morgan fingerprint density at radius 2 is 1.75 bits per heavy atom. The Bertz CT molecular complexity index is 1070. The number of carbonyl (C=O) groups excluding carboxylic acids is 1. The molecule has 1 aromatic heterocycles. The second kappa shape index (κ2) is 9.93. The number of methoxy groups -OCH3 is 1. The first kappa shape index (κ1) is 22.0. The van der Waals surface area contributed by atoms with Crippen molar-refractivity contribution in [3.05, 3.63) is 48.8 Å². The Morgan fingerprint density at radius 1 is 1.06 bits per heavy atom. The minimum atomic E-state index is -0.618. The molecule has 0 bridgehead atoms. The summed E-state index contributed by atoms with van der Waals surface area (Å²) in [6, 6.07) is 12.2. The zero-order valence-corrected chi connectivity index (χ0v) is 18.4. The summed E-state index contributed by atoms with van der Waals surface area (Å²) >= 11 is 0. The minimum Gasteiger partial charge on any atom is -0.490 e. The molecule has 32 heavy (non-hydrogen) atoms. The van der Waals surface area contributed by atoms with Crippen molar-refractivity contribution >= 4 is 16.7 Å². The molecule has 168 valence electrons. The third-order valence-electron chi connectivity index (χ3n) is 5.72. The average molecular weight is 437 g/mol. The topological polar surface area (TPSA) is 88.0 Å². The summed E-state index contributed by atoms with van der Waals surface area (Å²) in [6.45, 7) is 5.23. The van der Waals surface area contributed by atoms with Crippen molar-refractivity contribution in [2.45, 2.75) is 13.0 Å². The number of nitrogens with zero attached hydrogens (tertiary/aromatic N) is 4. The van der Waals surface area contributed by atoms with Crippen LogP contribution >= 0.6 is 0 Å². The summed E-state index contributed by atoms with van der Waals surface area (Å²) in [7, 11) is 1.54. The van der Waals surface area contributed by atoms with Crippen LogP contribution in [0.25, 0.3) is 21.9 Å². The number of aromatic nitrogens is 2. The number of rotatable bonds is 7. The van der Waals surface area contributed by atoms with Crippen molar-refractivity contribution in [1.29, 1.82) is 0 Å². The number of piperazine rings is 1. The standard InChI is InChI=1S/C24H28N4O4/c1-17(29)28-11-9-27(10-12-28)15-19(30)16-32-23-8-7-20(21-5-3-4-6-22(21)23)18-13-25-24(31-2)26-14-18/h3-8,13-14,19,30H,9-12,15-16H2,1-2H3. The van der Waals surface area contributed by atoms with Crippen molar-refractivity contribution in [2.24, 2.45) is 0 Å². The summed E-state index contributed by atoms with van der Waals surface area (Å²) in [4.78, 5) is 23.9. The number of β-amino-alcohol motifs (C(OH)–C–C–N with tert-alkyl or cyclic N) is 1. The first-order chi connectivity index (χ1) is 15.5. The first-order valence-corrected chi connectivity index (χ1v) is 10.7. The van der Waals surface area contributed by atoms with Gasteiger partial charge in [-0.15, -0.1) is 0 Å². The van der Waals surface area contributed by atoms with E-state index in [0.717, 1.165) is 40.7 Å². The second-order valence-corrected chi connectivity index (χ2v) is 7.89. The normalized spacial score (nSPS) is 15.5. The van der Waals surface area contributed by atoms with Gasteiger partial charge in [-0.05, 0) is 23.1 Å². The maximum absolute atomic E-state index is 11.5. The van der Waals surface area contributed by atoms with Crippen LogP contribution in [0.15, 0.2) is 48.8 Å². The van der Waals surface area contributed by atoms with Gasteiger partial charge in [0.15, 0.2) is 0 Å². The molecule has 2 aromatic carbocycles. The molecule has 1 N–H and O–H groups in total. The van der Waals surface area contributed by atoms with Crippen LogP contribution in [-0.2, 0) is 4.79 Å². The molecule has 1 aliphatic heterocycles. The quantitative estimate of drug-likeness (QED) is 0.608. The highest BCUT2D eigenvalue weighted by molar-refractivity contribution is 5.99. The molecule has 1 amide bonds. The van der Waals surface area contributed by atoms with Gasteiger partial charge in [-0.2, -0.15) is 0 Å². The van der Waals surface area contributed by atoms with Crippen molar-refractivity contribution in [3.63, 3.8) is 0 Å². The number of benzene rings is 2. The minimum absolute atomic E-state index is 0.102. The molecular weight excluding hydrogens is 408 g/mol. The largest absolute Gasteiger partial charge is 0.490 e. The molecule has 2 heterocycles. The predicted molar refractivity (Wildman–Crippen MR) is 122 cm³/mol. The van der Waals surface area contributed by atoms with Crippen molar-refractivity contribution < 1.29 is 19.4 Å². The van der Waals surface area contributed by atoms with Crippen LogP contribution in [0.3, 0.4) is 0 Å². The fourth-order valence-corrected chi connectivity index (χ4v) is 3.99. The molecular formula is C24H28N4O4. The van der Waals surface area contributed by atoms with Gasteiger partial charge in [-0.1, -0.05) is 24.3 Å². The van der Waals surface area contributed by atoms with Crippen molar-refractivity contribution in [2.75, 3.05) is 46.4 Å². The summed E-state index contributed by atoms with van der Waals surface area (Å²) in [5.74, 6) is 0.823. The van der Waals surface area contributed by atoms with E-state index in [-0.39, 0.29) is 12.5 Å². The molecule has 8 nitrogen and oxygen atoms in total. The van der Waals surface area contributed by atoms with E-state index in [1.54, 1.807) is 19.3 Å². The van der Waals surface area contributed by atoms with E-state index in [9.17, 15) is 9.90 Å². The third-order valence-corrected chi connectivity index (χ3v) is 5.72. The summed E-state index contributed by atoms with van der Waals surface area (Å²) < 4.78 is 11.1. The Labute approximate surface area is 187 Å². The highest BCUT2D eigenvalue weighted by Crippen LogP contribution is 2.34. The highest BCUT2D eigenvalue weighted by atomic mass is 16.5. The Hall–Kier alpha value is -3.23. The van der Waals surface area contributed by atoms with Crippen LogP contribution in [0.2, 0.25) is 0 Å². The maximum atomic E-state index is 11.5. The van der Waals surface area contributed by atoms with Gasteiger partial charge in [0, 0.05) is 63.0 Å². The van der Waals surface area contributed by atoms with Gasteiger partial charge < -0.3 is 19.5 Å². The van der Waals surface area contributed by atoms with Gasteiger partial charge in [0.05, 0.1) is 7.11 Å². The van der Waals surface area contributed by atoms with Gasteiger partial charge >= 0.3 is 6.01 Å². The highest BCUT2D eigenvalue weighted by Gasteiger charge is 2.21. The number of aliphatic hydroxyl groups is 1. The number of carbonyl (C=O) groups is 1. The lowest BCUT2D eigenvalue weighted by Crippen LogP contribution is -2.50. The Kier molecular flexibility index (Phi) is 6.82. The van der Waals surface area contributed by atoms with E-state index >= 15 is 0 Å². The average Bonchev–Trinajstić information content (AvgIpc) is 2.83. The monoisotopic (exact) mass is 436 g/mol. The summed E-state index contributed by atoms with van der Waals surface area (Å²) in [6.07, 6.45) is 2.86. The molecule has 0 radical (unpaired) electrons. The van der Waals surface area contributed by atoms with Gasteiger partial charge in [-0.25, -0.2) is 9.97 Å². The third kappa shape index (κ3) is 4.98. The Balaban J connectivity index is 1.43. The van der Waals surface area contributed by atoms with Gasteiger partial charge in [0.25, 0.3) is 0 Å². The fourth-order valence-electron chi connectivity index (χ4n) is 3.99. The van der Waals surface area contributed by atoms with Gasteiger partial charge in [0.1, 0.15) is 18.5 Å². The zero-order chi connectivity index (χ0) is 22.5. The van der Waals surface area contributed by atoms with Crippen LogP contribution in [0.4, 0.5) is 0 Å². The second-order valence-electron chi connectivity index (χ2n) is 7.89. The maximum Gasteiger partial charge on any atom is 0.316 e. The summed E-state index contributed by atoms with van der Waals surface area (Å²) in [5.41, 5.74) is 1.89. The molecule has 0 aliphatic carbocycles. The molecule has 1 aliphatic rings. The number of aliphatic hydroxyl groups excluding tert-OH is 1. The van der Waals surface area contributed by atoms with Gasteiger partial charge in [-0.3, -0.25) is 9.69 Å². The van der Waals surface area contributed by atoms with E-state index < -0.39 is 6.10 Å². The van der Waals surface area contributed by atoms with E-state index in [4.69, 9.17) is 9.47 Å². The van der Waals surface area contributed by atoms with Gasteiger partial charge in [0.2, 0.25) is 5.91 Å². The predicted octanol–water partition coefficient (Wildman–Crippen LogP) is 2.21. The first-order valence-electron chi connectivity index (χ1n) is 10.7. The van der Waals surface area contributed by atoms with Crippen LogP contribution in [0.1, 0.15) is 6.92 Å². The molecule has 0 saturated carbocycles. The van der Waals surface area contributed by atoms with Crippen LogP contribution in [-0.4, -0.2) is 83.3 Å². The lowest BCUT2D eigenvalue weighted by Gasteiger charge is -2.35. The Morgan fingerprint density at radius 3 is 2.41 bits per heavy atom. The molecule has 1 fully saturated rings.